The molecule has 29 heavy (non-hydrogen) atoms. The van der Waals surface area contributed by atoms with Gasteiger partial charge in [0, 0.05) is 10.7 Å². The molecule has 0 bridgehead atoms. The quantitative estimate of drug-likeness (QED) is 0.607. The molecule has 4 rings (SSSR count). The van der Waals surface area contributed by atoms with Crippen molar-refractivity contribution in [2.45, 2.75) is 6.92 Å². The molecule has 0 unspecified atom stereocenters. The lowest BCUT2D eigenvalue weighted by Gasteiger charge is -2.18. The summed E-state index contributed by atoms with van der Waals surface area (Å²) in [7, 11) is 0. The van der Waals surface area contributed by atoms with Crippen LogP contribution in [-0.2, 0) is 9.59 Å². The zero-order chi connectivity index (χ0) is 20.5. The highest BCUT2D eigenvalue weighted by Crippen LogP contribution is 2.36. The number of hydrogen-bond donors (Lipinski definition) is 1. The highest BCUT2D eigenvalue weighted by molar-refractivity contribution is 6.46. The van der Waals surface area contributed by atoms with Crippen LogP contribution in [0.2, 0.25) is 5.02 Å². The summed E-state index contributed by atoms with van der Waals surface area (Å²) in [6.07, 6.45) is 0. The van der Waals surface area contributed by atoms with Crippen molar-refractivity contribution in [1.82, 2.24) is 0 Å². The van der Waals surface area contributed by atoms with Gasteiger partial charge in [0.05, 0.1) is 11.3 Å². The maximum atomic E-state index is 13.4. The average molecular weight is 407 g/mol. The van der Waals surface area contributed by atoms with Gasteiger partial charge in [0.1, 0.15) is 11.5 Å². The van der Waals surface area contributed by atoms with Crippen molar-refractivity contribution < 1.29 is 14.0 Å². The molecule has 0 aromatic heterocycles. The van der Waals surface area contributed by atoms with Gasteiger partial charge in [0.2, 0.25) is 0 Å². The molecule has 1 aliphatic rings. The first-order valence-corrected chi connectivity index (χ1v) is 9.31. The summed E-state index contributed by atoms with van der Waals surface area (Å²) in [4.78, 5) is 27.7. The number of nitrogens with zero attached hydrogens (tertiary/aromatic N) is 1. The Morgan fingerprint density at radius 3 is 2.24 bits per heavy atom. The van der Waals surface area contributed by atoms with Crippen LogP contribution in [0.3, 0.4) is 0 Å². The topological polar surface area (TPSA) is 49.4 Å². The van der Waals surface area contributed by atoms with E-state index in [1.807, 2.05) is 18.2 Å². The molecule has 1 aliphatic heterocycles. The van der Waals surface area contributed by atoms with E-state index >= 15 is 0 Å². The molecular formula is C23H16ClFN2O2. The van der Waals surface area contributed by atoms with Crippen molar-refractivity contribution >= 4 is 40.4 Å². The molecule has 0 radical (unpaired) electrons. The molecule has 1 N–H and O–H groups in total. The number of hydrogen-bond acceptors (Lipinski definition) is 3. The van der Waals surface area contributed by atoms with Crippen LogP contribution < -0.4 is 10.2 Å². The molecule has 3 aromatic rings. The molecule has 0 fully saturated rings. The van der Waals surface area contributed by atoms with E-state index < -0.39 is 17.6 Å². The molecule has 3 aromatic carbocycles. The molecule has 0 saturated heterocycles. The second-order valence-corrected chi connectivity index (χ2v) is 6.98. The van der Waals surface area contributed by atoms with Crippen molar-refractivity contribution in [3.8, 4) is 0 Å². The van der Waals surface area contributed by atoms with E-state index in [0.717, 1.165) is 4.90 Å². The fraction of sp³-hybridized carbons (Fsp3) is 0.0435. The maximum Gasteiger partial charge on any atom is 0.282 e. The van der Waals surface area contributed by atoms with Gasteiger partial charge in [-0.25, -0.2) is 9.29 Å². The van der Waals surface area contributed by atoms with Gasteiger partial charge in [0.15, 0.2) is 0 Å². The van der Waals surface area contributed by atoms with Crippen molar-refractivity contribution in [1.29, 1.82) is 0 Å². The molecule has 1 heterocycles. The smallest absolute Gasteiger partial charge is 0.282 e. The number of carbonyl (C=O) groups excluding carboxylic acids is 2. The number of halogens is 2. The minimum Gasteiger partial charge on any atom is -0.350 e. The highest BCUT2D eigenvalue weighted by Gasteiger charge is 2.41. The Morgan fingerprint density at radius 1 is 0.862 bits per heavy atom. The molecule has 0 atom stereocenters. The second kappa shape index (κ2) is 7.53. The highest BCUT2D eigenvalue weighted by atomic mass is 35.5. The normalized spacial score (nSPS) is 14.0. The molecule has 0 spiro atoms. The van der Waals surface area contributed by atoms with Crippen LogP contribution in [0.1, 0.15) is 11.1 Å². The first-order chi connectivity index (χ1) is 14.0. The largest absolute Gasteiger partial charge is 0.350 e. The lowest BCUT2D eigenvalue weighted by Crippen LogP contribution is -2.33. The van der Waals surface area contributed by atoms with Gasteiger partial charge in [-0.15, -0.1) is 0 Å². The van der Waals surface area contributed by atoms with Gasteiger partial charge in [-0.05, 0) is 54.4 Å². The summed E-state index contributed by atoms with van der Waals surface area (Å²) in [6, 6.07) is 19.6. The van der Waals surface area contributed by atoms with Crippen LogP contribution in [0.25, 0.3) is 5.57 Å². The lowest BCUT2D eigenvalue weighted by molar-refractivity contribution is -0.120. The fourth-order valence-corrected chi connectivity index (χ4v) is 3.42. The fourth-order valence-electron chi connectivity index (χ4n) is 3.25. The van der Waals surface area contributed by atoms with Gasteiger partial charge in [-0.2, -0.15) is 0 Å². The Kier molecular flexibility index (Phi) is 4.91. The van der Waals surface area contributed by atoms with Crippen LogP contribution in [0.15, 0.2) is 78.5 Å². The van der Waals surface area contributed by atoms with Crippen LogP contribution >= 0.6 is 11.6 Å². The van der Waals surface area contributed by atoms with Crippen LogP contribution in [0.4, 0.5) is 15.8 Å². The third kappa shape index (κ3) is 3.41. The number of para-hydroxylation sites is 1. The van der Waals surface area contributed by atoms with Gasteiger partial charge in [0.25, 0.3) is 11.8 Å². The van der Waals surface area contributed by atoms with Crippen LogP contribution in [0.5, 0.6) is 0 Å². The van der Waals surface area contributed by atoms with E-state index in [-0.39, 0.29) is 11.3 Å². The molecule has 0 aliphatic carbocycles. The van der Waals surface area contributed by atoms with Crippen LogP contribution in [0, 0.1) is 12.7 Å². The first kappa shape index (κ1) is 18.9. The van der Waals surface area contributed by atoms with Crippen molar-refractivity contribution in [2.75, 3.05) is 10.2 Å². The monoisotopic (exact) mass is 406 g/mol. The zero-order valence-electron chi connectivity index (χ0n) is 15.4. The standard InChI is InChI=1S/C23H16ClFN2O2/c1-14-18(24)8-5-9-19(14)27-22(28)20(15-10-12-16(25)13-11-15)21(23(27)29)26-17-6-3-2-4-7-17/h2-13,26H,1H3. The Labute approximate surface area is 172 Å². The number of amides is 2. The van der Waals surface area contributed by atoms with E-state index in [9.17, 15) is 14.0 Å². The van der Waals surface area contributed by atoms with E-state index in [2.05, 4.69) is 5.32 Å². The lowest BCUT2D eigenvalue weighted by atomic mass is 10.0. The first-order valence-electron chi connectivity index (χ1n) is 8.93. The van der Waals surface area contributed by atoms with Gasteiger partial charge in [-0.1, -0.05) is 48.0 Å². The van der Waals surface area contributed by atoms with Crippen molar-refractivity contribution in [3.05, 3.63) is 100 Å². The zero-order valence-corrected chi connectivity index (χ0v) is 16.2. The summed E-state index contributed by atoms with van der Waals surface area (Å²) < 4.78 is 13.4. The predicted molar refractivity (Wildman–Crippen MR) is 112 cm³/mol. The van der Waals surface area contributed by atoms with E-state index in [1.165, 1.54) is 24.3 Å². The average Bonchev–Trinajstić information content (AvgIpc) is 2.96. The van der Waals surface area contributed by atoms with Gasteiger partial charge < -0.3 is 5.32 Å². The molecule has 4 nitrogen and oxygen atoms in total. The van der Waals surface area contributed by atoms with Gasteiger partial charge >= 0.3 is 0 Å². The Morgan fingerprint density at radius 2 is 1.55 bits per heavy atom. The number of rotatable bonds is 4. The molecule has 2 amide bonds. The number of anilines is 2. The van der Waals surface area contributed by atoms with E-state index in [1.54, 1.807) is 37.3 Å². The summed E-state index contributed by atoms with van der Waals surface area (Å²) in [5.74, 6) is -1.42. The van der Waals surface area contributed by atoms with Crippen molar-refractivity contribution in [2.24, 2.45) is 0 Å². The Bertz CT molecular complexity index is 1140. The number of benzene rings is 3. The number of carbonyl (C=O) groups is 2. The number of nitrogens with one attached hydrogen (secondary N) is 1. The van der Waals surface area contributed by atoms with E-state index in [0.29, 0.717) is 27.5 Å². The molecular weight excluding hydrogens is 391 g/mol. The third-order valence-corrected chi connectivity index (χ3v) is 5.15. The van der Waals surface area contributed by atoms with Crippen molar-refractivity contribution in [3.63, 3.8) is 0 Å². The molecule has 0 saturated carbocycles. The summed E-state index contributed by atoms with van der Waals surface area (Å²) in [5.41, 5.74) is 2.45. The predicted octanol–water partition coefficient (Wildman–Crippen LogP) is 5.18. The van der Waals surface area contributed by atoms with E-state index in [4.69, 9.17) is 11.6 Å². The minimum absolute atomic E-state index is 0.132. The summed E-state index contributed by atoms with van der Waals surface area (Å²) >= 11 is 6.20. The number of imide groups is 1. The molecule has 6 heteroatoms. The SMILES string of the molecule is Cc1c(Cl)cccc1N1C(=O)C(Nc2ccccc2)=C(c2ccc(F)cc2)C1=O. The van der Waals surface area contributed by atoms with Gasteiger partial charge in [-0.3, -0.25) is 9.59 Å². The summed E-state index contributed by atoms with van der Waals surface area (Å²) in [6.45, 7) is 1.75. The maximum absolute atomic E-state index is 13.4. The second-order valence-electron chi connectivity index (χ2n) is 6.58. The van der Waals surface area contributed by atoms with Crippen LogP contribution in [-0.4, -0.2) is 11.8 Å². The Hall–Kier alpha value is -3.44. The summed E-state index contributed by atoms with van der Waals surface area (Å²) in [5, 5.41) is 3.51. The Balaban J connectivity index is 1.85. The third-order valence-electron chi connectivity index (χ3n) is 4.74. The molecule has 144 valence electrons. The minimum atomic E-state index is -0.497.